The van der Waals surface area contributed by atoms with Crippen LogP contribution in [0.25, 0.3) is 0 Å². The molecule has 0 aliphatic heterocycles. The average Bonchev–Trinajstić information content (AvgIpc) is 2.36. The van der Waals surface area contributed by atoms with Crippen molar-refractivity contribution in [2.75, 3.05) is 6.54 Å². The van der Waals surface area contributed by atoms with Crippen LogP contribution in [0, 0.1) is 11.8 Å². The number of hydrogen-bond acceptors (Lipinski definition) is 2. The van der Waals surface area contributed by atoms with Gasteiger partial charge in [0.25, 0.3) is 0 Å². The van der Waals surface area contributed by atoms with E-state index >= 15 is 0 Å². The standard InChI is InChI=1S/C16H22FNO/c1-4-15(17)12-18-11-14-7-5-13(6-8-14)9-10-16(2,3)19/h5-8,15,18-19H,4,11-12H2,1-3H3. The molecule has 1 unspecified atom stereocenters. The van der Waals surface area contributed by atoms with Crippen molar-refractivity contribution in [2.24, 2.45) is 0 Å². The van der Waals surface area contributed by atoms with Gasteiger partial charge in [0.2, 0.25) is 0 Å². The molecule has 0 spiro atoms. The van der Waals surface area contributed by atoms with Gasteiger partial charge in [0, 0.05) is 18.7 Å². The van der Waals surface area contributed by atoms with Gasteiger partial charge in [0.15, 0.2) is 0 Å². The van der Waals surface area contributed by atoms with E-state index < -0.39 is 11.8 Å². The normalized spacial score (nSPS) is 12.7. The molecule has 0 fully saturated rings. The van der Waals surface area contributed by atoms with Crippen LogP contribution in [0.1, 0.15) is 38.3 Å². The molecule has 0 aliphatic carbocycles. The van der Waals surface area contributed by atoms with Crippen LogP contribution in [-0.4, -0.2) is 23.4 Å². The van der Waals surface area contributed by atoms with Crippen molar-refractivity contribution in [1.82, 2.24) is 5.32 Å². The van der Waals surface area contributed by atoms with Crippen LogP contribution >= 0.6 is 0 Å². The molecule has 0 aromatic heterocycles. The molecular formula is C16H22FNO. The van der Waals surface area contributed by atoms with Crippen molar-refractivity contribution in [3.8, 4) is 11.8 Å². The average molecular weight is 263 g/mol. The molecule has 0 heterocycles. The summed E-state index contributed by atoms with van der Waals surface area (Å²) in [5.41, 5.74) is 0.983. The van der Waals surface area contributed by atoms with Crippen LogP contribution in [0.3, 0.4) is 0 Å². The van der Waals surface area contributed by atoms with Crippen LogP contribution in [-0.2, 0) is 6.54 Å². The minimum atomic E-state index is -0.976. The fourth-order valence-corrected chi connectivity index (χ4v) is 1.45. The molecule has 2 N–H and O–H groups in total. The SMILES string of the molecule is CCC(F)CNCc1ccc(C#CC(C)(C)O)cc1. The first kappa shape index (κ1) is 15.7. The largest absolute Gasteiger partial charge is 0.378 e. The van der Waals surface area contributed by atoms with Crippen molar-refractivity contribution in [3.05, 3.63) is 35.4 Å². The molecule has 0 saturated carbocycles. The molecule has 1 aromatic carbocycles. The van der Waals surface area contributed by atoms with E-state index in [2.05, 4.69) is 17.2 Å². The summed E-state index contributed by atoms with van der Waals surface area (Å²) in [6, 6.07) is 7.73. The molecule has 19 heavy (non-hydrogen) atoms. The lowest BCUT2D eigenvalue weighted by Crippen LogP contribution is -2.22. The number of halogens is 1. The molecule has 0 amide bonds. The van der Waals surface area contributed by atoms with Gasteiger partial charge in [-0.25, -0.2) is 4.39 Å². The van der Waals surface area contributed by atoms with E-state index in [1.165, 1.54) is 0 Å². The molecule has 1 atom stereocenters. The van der Waals surface area contributed by atoms with Crippen LogP contribution < -0.4 is 5.32 Å². The van der Waals surface area contributed by atoms with E-state index in [0.29, 0.717) is 19.5 Å². The zero-order chi connectivity index (χ0) is 14.3. The quantitative estimate of drug-likeness (QED) is 0.800. The molecule has 0 saturated heterocycles. The van der Waals surface area contributed by atoms with Crippen LogP contribution in [0.5, 0.6) is 0 Å². The summed E-state index contributed by atoms with van der Waals surface area (Å²) in [7, 11) is 0. The highest BCUT2D eigenvalue weighted by atomic mass is 19.1. The molecule has 0 bridgehead atoms. The van der Waals surface area contributed by atoms with Crippen LogP contribution in [0.2, 0.25) is 0 Å². The lowest BCUT2D eigenvalue weighted by molar-refractivity contribution is 0.143. The first-order chi connectivity index (χ1) is 8.90. The van der Waals surface area contributed by atoms with E-state index in [1.54, 1.807) is 13.8 Å². The Morgan fingerprint density at radius 1 is 1.32 bits per heavy atom. The smallest absolute Gasteiger partial charge is 0.120 e. The van der Waals surface area contributed by atoms with Gasteiger partial charge in [-0.15, -0.1) is 0 Å². The minimum absolute atomic E-state index is 0.386. The number of alkyl halides is 1. The highest BCUT2D eigenvalue weighted by Gasteiger charge is 2.05. The minimum Gasteiger partial charge on any atom is -0.378 e. The predicted molar refractivity (Wildman–Crippen MR) is 76.5 cm³/mol. The molecule has 0 radical (unpaired) electrons. The molecule has 1 aromatic rings. The van der Waals surface area contributed by atoms with Crippen molar-refractivity contribution in [2.45, 2.75) is 45.5 Å². The third-order valence-electron chi connectivity index (χ3n) is 2.60. The van der Waals surface area contributed by atoms with Crippen molar-refractivity contribution >= 4 is 0 Å². The number of hydrogen-bond donors (Lipinski definition) is 2. The lowest BCUT2D eigenvalue weighted by Gasteiger charge is -2.08. The summed E-state index contributed by atoms with van der Waals surface area (Å²) < 4.78 is 13.0. The van der Waals surface area contributed by atoms with E-state index in [1.807, 2.05) is 31.2 Å². The Hall–Kier alpha value is -1.37. The third-order valence-corrected chi connectivity index (χ3v) is 2.60. The van der Waals surface area contributed by atoms with E-state index in [9.17, 15) is 9.50 Å². The van der Waals surface area contributed by atoms with E-state index in [0.717, 1.165) is 11.1 Å². The summed E-state index contributed by atoms with van der Waals surface area (Å²) in [5.74, 6) is 5.68. The fourth-order valence-electron chi connectivity index (χ4n) is 1.45. The monoisotopic (exact) mass is 263 g/mol. The van der Waals surface area contributed by atoms with Gasteiger partial charge in [0.05, 0.1) is 0 Å². The molecular weight excluding hydrogens is 241 g/mol. The lowest BCUT2D eigenvalue weighted by atomic mass is 10.1. The van der Waals surface area contributed by atoms with Crippen molar-refractivity contribution in [1.29, 1.82) is 0 Å². The Morgan fingerprint density at radius 2 is 1.95 bits per heavy atom. The first-order valence-corrected chi connectivity index (χ1v) is 6.60. The summed E-state index contributed by atoms with van der Waals surface area (Å²) in [6.07, 6.45) is -0.240. The Morgan fingerprint density at radius 3 is 2.47 bits per heavy atom. The molecule has 104 valence electrons. The van der Waals surface area contributed by atoms with Gasteiger partial charge >= 0.3 is 0 Å². The van der Waals surface area contributed by atoms with Gasteiger partial charge in [-0.3, -0.25) is 0 Å². The Bertz CT molecular complexity index is 437. The zero-order valence-electron chi connectivity index (χ0n) is 11.8. The van der Waals surface area contributed by atoms with Gasteiger partial charge in [0.1, 0.15) is 11.8 Å². The highest BCUT2D eigenvalue weighted by Crippen LogP contribution is 2.05. The summed E-state index contributed by atoms with van der Waals surface area (Å²) in [6.45, 7) is 6.18. The van der Waals surface area contributed by atoms with Crippen molar-refractivity contribution < 1.29 is 9.50 Å². The number of benzene rings is 1. The molecule has 0 aliphatic rings. The molecule has 2 nitrogen and oxygen atoms in total. The zero-order valence-corrected chi connectivity index (χ0v) is 11.8. The maximum atomic E-state index is 13.0. The Balaban J connectivity index is 2.50. The number of nitrogens with one attached hydrogen (secondary N) is 1. The van der Waals surface area contributed by atoms with Crippen LogP contribution in [0.15, 0.2) is 24.3 Å². The second kappa shape index (κ2) is 7.28. The van der Waals surface area contributed by atoms with E-state index in [-0.39, 0.29) is 0 Å². The third kappa shape index (κ3) is 6.95. The second-order valence-electron chi connectivity index (χ2n) is 5.14. The van der Waals surface area contributed by atoms with Crippen LogP contribution in [0.4, 0.5) is 4.39 Å². The Labute approximate surface area is 115 Å². The van der Waals surface area contributed by atoms with Crippen molar-refractivity contribution in [3.63, 3.8) is 0 Å². The topological polar surface area (TPSA) is 32.3 Å². The molecule has 1 rings (SSSR count). The number of aliphatic hydroxyl groups is 1. The predicted octanol–water partition coefficient (Wildman–Crippen LogP) is 2.65. The maximum absolute atomic E-state index is 13.0. The summed E-state index contributed by atoms with van der Waals surface area (Å²) in [4.78, 5) is 0. The second-order valence-corrected chi connectivity index (χ2v) is 5.14. The highest BCUT2D eigenvalue weighted by molar-refractivity contribution is 5.37. The molecule has 3 heteroatoms. The maximum Gasteiger partial charge on any atom is 0.120 e. The van der Waals surface area contributed by atoms with Gasteiger partial charge in [-0.05, 0) is 38.0 Å². The van der Waals surface area contributed by atoms with Gasteiger partial charge < -0.3 is 10.4 Å². The van der Waals surface area contributed by atoms with Gasteiger partial charge in [-0.2, -0.15) is 0 Å². The van der Waals surface area contributed by atoms with E-state index in [4.69, 9.17) is 0 Å². The summed E-state index contributed by atoms with van der Waals surface area (Å²) >= 11 is 0. The summed E-state index contributed by atoms with van der Waals surface area (Å²) in [5, 5.41) is 12.6. The Kier molecular flexibility index (Phi) is 6.01. The fraction of sp³-hybridized carbons (Fsp3) is 0.500. The first-order valence-electron chi connectivity index (χ1n) is 6.60. The van der Waals surface area contributed by atoms with Gasteiger partial charge in [-0.1, -0.05) is 30.9 Å². The number of rotatable bonds is 5.